The second kappa shape index (κ2) is 8.23. The molecule has 7 heteroatoms. The number of halogens is 1. The third kappa shape index (κ3) is 4.86. The summed E-state index contributed by atoms with van der Waals surface area (Å²) in [4.78, 5) is 17.9. The zero-order chi connectivity index (χ0) is 22.5. The molecule has 2 atom stereocenters. The van der Waals surface area contributed by atoms with Crippen molar-refractivity contribution in [2.45, 2.75) is 67.5 Å². The first-order valence-electron chi connectivity index (χ1n) is 11.0. The molecule has 0 saturated heterocycles. The van der Waals surface area contributed by atoms with Crippen molar-refractivity contribution in [1.82, 2.24) is 14.8 Å². The van der Waals surface area contributed by atoms with Gasteiger partial charge in [-0.3, -0.25) is 9.48 Å². The highest BCUT2D eigenvalue weighted by atomic mass is 35.5. The summed E-state index contributed by atoms with van der Waals surface area (Å²) in [6.07, 6.45) is 7.00. The lowest BCUT2D eigenvalue weighted by Gasteiger charge is -2.19. The molecule has 0 bridgehead atoms. The topological polar surface area (TPSA) is 57.0 Å². The van der Waals surface area contributed by atoms with Gasteiger partial charge in [-0.2, -0.15) is 5.10 Å². The molecule has 2 fully saturated rings. The van der Waals surface area contributed by atoms with Crippen LogP contribution < -0.4 is 0 Å². The molecule has 32 heavy (non-hydrogen) atoms. The van der Waals surface area contributed by atoms with Gasteiger partial charge < -0.3 is 4.74 Å². The van der Waals surface area contributed by atoms with E-state index < -0.39 is 5.60 Å². The molecular formula is C25H26ClN3O2S. The lowest BCUT2D eigenvalue weighted by atomic mass is 10.0. The average molecular weight is 468 g/mol. The molecule has 2 aliphatic rings. The fourth-order valence-corrected chi connectivity index (χ4v) is 4.80. The minimum atomic E-state index is -0.443. The van der Waals surface area contributed by atoms with E-state index in [1.54, 1.807) is 18.0 Å². The number of benzene rings is 1. The normalized spacial score (nSPS) is 20.2. The maximum absolute atomic E-state index is 12.4. The Kier molecular flexibility index (Phi) is 5.54. The van der Waals surface area contributed by atoms with Crippen LogP contribution in [0.2, 0.25) is 5.02 Å². The van der Waals surface area contributed by atoms with Crippen molar-refractivity contribution in [3.05, 3.63) is 59.4 Å². The van der Waals surface area contributed by atoms with Crippen molar-refractivity contribution >= 4 is 29.3 Å². The van der Waals surface area contributed by atoms with Crippen LogP contribution in [0.15, 0.2) is 58.7 Å². The van der Waals surface area contributed by atoms with Crippen LogP contribution in [0.25, 0.3) is 11.3 Å². The number of hydrogen-bond acceptors (Lipinski definition) is 5. The number of hydrogen-bond donors (Lipinski definition) is 0. The van der Waals surface area contributed by atoms with E-state index in [4.69, 9.17) is 21.4 Å². The Morgan fingerprint density at radius 2 is 1.91 bits per heavy atom. The van der Waals surface area contributed by atoms with Crippen molar-refractivity contribution in [1.29, 1.82) is 0 Å². The maximum Gasteiger partial charge on any atom is 0.310 e. The Hall–Kier alpha value is -2.31. The van der Waals surface area contributed by atoms with Gasteiger partial charge in [0.25, 0.3) is 0 Å². The number of carbonyl (C=O) groups excluding carboxylic acids is 1. The number of nitrogens with zero attached hydrogens (tertiary/aromatic N) is 3. The highest BCUT2D eigenvalue weighted by Crippen LogP contribution is 2.49. The van der Waals surface area contributed by atoms with Gasteiger partial charge in [0.1, 0.15) is 16.3 Å². The summed E-state index contributed by atoms with van der Waals surface area (Å²) >= 11 is 7.59. The Morgan fingerprint density at radius 1 is 1.16 bits per heavy atom. The van der Waals surface area contributed by atoms with Crippen LogP contribution in [0, 0.1) is 5.92 Å². The smallest absolute Gasteiger partial charge is 0.310 e. The Labute approximate surface area is 197 Å². The summed E-state index contributed by atoms with van der Waals surface area (Å²) in [5.41, 5.74) is 2.77. The molecule has 0 spiro atoms. The molecule has 166 valence electrons. The van der Waals surface area contributed by atoms with Gasteiger partial charge in [0, 0.05) is 18.0 Å². The van der Waals surface area contributed by atoms with Crippen LogP contribution >= 0.6 is 23.4 Å². The van der Waals surface area contributed by atoms with E-state index in [2.05, 4.69) is 40.1 Å². The Bertz CT molecular complexity index is 1130. The van der Waals surface area contributed by atoms with Gasteiger partial charge >= 0.3 is 5.97 Å². The summed E-state index contributed by atoms with van der Waals surface area (Å²) in [7, 11) is 0. The van der Waals surface area contributed by atoms with Crippen LogP contribution in [-0.2, 0) is 9.53 Å². The van der Waals surface area contributed by atoms with Crippen molar-refractivity contribution in [3.63, 3.8) is 0 Å². The molecule has 2 heterocycles. The molecule has 2 aliphatic carbocycles. The van der Waals surface area contributed by atoms with E-state index in [1.165, 1.54) is 18.4 Å². The molecule has 2 unspecified atom stereocenters. The van der Waals surface area contributed by atoms with Gasteiger partial charge in [-0.05, 0) is 63.6 Å². The fraction of sp³-hybridized carbons (Fsp3) is 0.400. The highest BCUT2D eigenvalue weighted by molar-refractivity contribution is 7.99. The zero-order valence-electron chi connectivity index (χ0n) is 18.4. The standard InChI is InChI=1S/C25H26ClN3O2S/c1-25(2,3)31-24(30)20-12-19(20)15-4-6-16(7-5-15)23-21(14-29(28-23)18-9-10-18)32-22-11-8-17(26)13-27-22/h4-8,11,13-14,18-20H,9-10,12H2,1-3H3. The summed E-state index contributed by atoms with van der Waals surface area (Å²) in [6.45, 7) is 5.73. The molecule has 5 rings (SSSR count). The largest absolute Gasteiger partial charge is 0.460 e. The zero-order valence-corrected chi connectivity index (χ0v) is 20.0. The van der Waals surface area contributed by atoms with Gasteiger partial charge in [-0.15, -0.1) is 0 Å². The van der Waals surface area contributed by atoms with Crippen molar-refractivity contribution in [3.8, 4) is 11.3 Å². The van der Waals surface area contributed by atoms with Gasteiger partial charge in [0.05, 0.1) is 21.9 Å². The SMILES string of the molecule is CC(C)(C)OC(=O)C1CC1c1ccc(-c2nn(C3CC3)cc2Sc2ccc(Cl)cn2)cc1. The Balaban J connectivity index is 1.35. The van der Waals surface area contributed by atoms with E-state index in [-0.39, 0.29) is 17.8 Å². The third-order valence-electron chi connectivity index (χ3n) is 5.65. The summed E-state index contributed by atoms with van der Waals surface area (Å²) < 4.78 is 7.63. The monoisotopic (exact) mass is 467 g/mol. The van der Waals surface area contributed by atoms with Gasteiger partial charge in [-0.1, -0.05) is 47.6 Å². The highest BCUT2D eigenvalue weighted by Gasteiger charge is 2.46. The quantitative estimate of drug-likeness (QED) is 0.386. The van der Waals surface area contributed by atoms with Gasteiger partial charge in [-0.25, -0.2) is 4.98 Å². The number of carbonyl (C=O) groups is 1. The fourth-order valence-electron chi connectivity index (χ4n) is 3.80. The van der Waals surface area contributed by atoms with Crippen LogP contribution in [0.4, 0.5) is 0 Å². The first kappa shape index (κ1) is 21.5. The predicted molar refractivity (Wildman–Crippen MR) is 126 cm³/mol. The molecule has 0 radical (unpaired) electrons. The first-order valence-corrected chi connectivity index (χ1v) is 12.2. The number of aromatic nitrogens is 3. The van der Waals surface area contributed by atoms with Crippen LogP contribution in [-0.4, -0.2) is 26.3 Å². The van der Waals surface area contributed by atoms with E-state index in [9.17, 15) is 4.79 Å². The molecule has 0 aliphatic heterocycles. The molecule has 0 N–H and O–H groups in total. The molecular weight excluding hydrogens is 442 g/mol. The van der Waals surface area contributed by atoms with Crippen LogP contribution in [0.5, 0.6) is 0 Å². The number of pyridine rings is 1. The molecule has 5 nitrogen and oxygen atoms in total. The molecule has 2 saturated carbocycles. The second-order valence-corrected chi connectivity index (χ2v) is 11.1. The third-order valence-corrected chi connectivity index (χ3v) is 6.84. The van der Waals surface area contributed by atoms with E-state index in [0.29, 0.717) is 11.1 Å². The van der Waals surface area contributed by atoms with E-state index >= 15 is 0 Å². The lowest BCUT2D eigenvalue weighted by molar-refractivity contribution is -0.156. The number of esters is 1. The molecule has 2 aromatic heterocycles. The van der Waals surface area contributed by atoms with Gasteiger partial charge in [0.2, 0.25) is 0 Å². The van der Waals surface area contributed by atoms with Crippen molar-refractivity contribution < 1.29 is 9.53 Å². The van der Waals surface area contributed by atoms with E-state index in [1.807, 2.05) is 32.9 Å². The Morgan fingerprint density at radius 3 is 2.53 bits per heavy atom. The molecule has 3 aromatic rings. The van der Waals surface area contributed by atoms with Crippen LogP contribution in [0.1, 0.15) is 57.6 Å². The predicted octanol–water partition coefficient (Wildman–Crippen LogP) is 6.53. The second-order valence-electron chi connectivity index (χ2n) is 9.57. The van der Waals surface area contributed by atoms with E-state index in [0.717, 1.165) is 27.6 Å². The average Bonchev–Trinajstić information content (AvgIpc) is 3.66. The molecule has 0 amide bonds. The summed E-state index contributed by atoms with van der Waals surface area (Å²) in [6, 6.07) is 12.7. The maximum atomic E-state index is 12.4. The number of rotatable bonds is 6. The van der Waals surface area contributed by atoms with Crippen molar-refractivity contribution in [2.75, 3.05) is 0 Å². The van der Waals surface area contributed by atoms with Gasteiger partial charge in [0.15, 0.2) is 0 Å². The molecule has 1 aromatic carbocycles. The minimum absolute atomic E-state index is 0.0313. The summed E-state index contributed by atoms with van der Waals surface area (Å²) in [5.74, 6) is 0.121. The first-order chi connectivity index (χ1) is 15.3. The lowest BCUT2D eigenvalue weighted by Crippen LogP contribution is -2.25. The summed E-state index contributed by atoms with van der Waals surface area (Å²) in [5, 5.41) is 6.42. The number of ether oxygens (including phenoxy) is 1. The minimum Gasteiger partial charge on any atom is -0.460 e. The van der Waals surface area contributed by atoms with Crippen LogP contribution in [0.3, 0.4) is 0 Å². The van der Waals surface area contributed by atoms with Crippen molar-refractivity contribution in [2.24, 2.45) is 5.92 Å².